The minimum atomic E-state index is -4.78. The quantitative estimate of drug-likeness (QED) is 0.629. The second-order valence-electron chi connectivity index (χ2n) is 6.40. The van der Waals surface area contributed by atoms with Crippen LogP contribution in [0.5, 0.6) is 5.75 Å². The molecule has 0 saturated carbocycles. The van der Waals surface area contributed by atoms with Crippen molar-refractivity contribution in [3.63, 3.8) is 0 Å². The highest BCUT2D eigenvalue weighted by Crippen LogP contribution is 2.30. The molecule has 4 rings (SSSR count). The first-order valence-corrected chi connectivity index (χ1v) is 10.5. The van der Waals surface area contributed by atoms with Crippen LogP contribution in [0.2, 0.25) is 0 Å². The summed E-state index contributed by atoms with van der Waals surface area (Å²) < 4.78 is 40.6. The van der Waals surface area contributed by atoms with Crippen LogP contribution in [0.3, 0.4) is 0 Å². The van der Waals surface area contributed by atoms with Gasteiger partial charge in [-0.15, -0.1) is 13.2 Å². The van der Waals surface area contributed by atoms with Gasteiger partial charge in [-0.05, 0) is 35.7 Å². The fourth-order valence-corrected chi connectivity index (χ4v) is 4.62. The highest BCUT2D eigenvalue weighted by Gasteiger charge is 2.31. The number of halogens is 3. The Morgan fingerprint density at radius 3 is 2.57 bits per heavy atom. The molecule has 0 radical (unpaired) electrons. The Hall–Kier alpha value is -2.92. The maximum absolute atomic E-state index is 12.7. The molecule has 0 spiro atoms. The van der Waals surface area contributed by atoms with Gasteiger partial charge < -0.3 is 9.64 Å². The summed E-state index contributed by atoms with van der Waals surface area (Å²) >= 11 is 2.73. The van der Waals surface area contributed by atoms with E-state index in [0.717, 1.165) is 22.7 Å². The van der Waals surface area contributed by atoms with E-state index < -0.39 is 6.36 Å². The number of carbonyl (C=O) groups excluding carboxylic acids is 2. The van der Waals surface area contributed by atoms with Gasteiger partial charge in [0.25, 0.3) is 11.8 Å². The fourth-order valence-electron chi connectivity index (χ4n) is 2.97. The molecule has 2 aromatic heterocycles. The van der Waals surface area contributed by atoms with E-state index in [1.165, 1.54) is 34.8 Å². The number of hydrogen-bond acceptors (Lipinski definition) is 6. The van der Waals surface area contributed by atoms with Crippen LogP contribution >= 0.6 is 22.7 Å². The summed E-state index contributed by atoms with van der Waals surface area (Å²) in [5.74, 6) is -0.915. The SMILES string of the molecule is O=C(Nc1nc2c(s1)CN(C(=O)c1ccc(OC(F)(F)F)cc1)CC2)c1ccsc1. The fraction of sp³-hybridized carbons (Fsp3) is 0.211. The summed E-state index contributed by atoms with van der Waals surface area (Å²) in [6.07, 6.45) is -4.25. The Bertz CT molecular complexity index is 1060. The zero-order valence-electron chi connectivity index (χ0n) is 15.2. The van der Waals surface area contributed by atoms with E-state index >= 15 is 0 Å². The molecule has 1 aliphatic rings. The number of hydrogen-bond donors (Lipinski definition) is 1. The molecule has 1 N–H and O–H groups in total. The summed E-state index contributed by atoms with van der Waals surface area (Å²) in [4.78, 5) is 31.8. The Kier molecular flexibility index (Phi) is 5.48. The van der Waals surface area contributed by atoms with Crippen LogP contribution in [-0.2, 0) is 13.0 Å². The van der Waals surface area contributed by atoms with Crippen LogP contribution in [0.4, 0.5) is 18.3 Å². The predicted molar refractivity (Wildman–Crippen MR) is 106 cm³/mol. The molecule has 3 aromatic rings. The van der Waals surface area contributed by atoms with E-state index in [2.05, 4.69) is 15.0 Å². The third-order valence-corrected chi connectivity index (χ3v) is 6.04. The van der Waals surface area contributed by atoms with Gasteiger partial charge in [-0.3, -0.25) is 14.9 Å². The Labute approximate surface area is 176 Å². The molecule has 0 saturated heterocycles. The van der Waals surface area contributed by atoms with E-state index in [1.54, 1.807) is 16.3 Å². The van der Waals surface area contributed by atoms with Gasteiger partial charge in [0.1, 0.15) is 5.75 Å². The number of anilines is 1. The Balaban J connectivity index is 1.42. The summed E-state index contributed by atoms with van der Waals surface area (Å²) in [5, 5.41) is 6.80. The molecule has 0 bridgehead atoms. The molecule has 3 heterocycles. The standard InChI is InChI=1S/C19H14F3N3O3S2/c20-19(21,22)28-13-3-1-11(2-4-13)17(27)25-7-5-14-15(9-25)30-18(23-14)24-16(26)12-6-8-29-10-12/h1-4,6,8,10H,5,7,9H2,(H,23,24,26). The lowest BCUT2D eigenvalue weighted by Crippen LogP contribution is -2.35. The van der Waals surface area contributed by atoms with Crippen LogP contribution in [-0.4, -0.2) is 34.6 Å². The molecule has 1 aromatic carbocycles. The van der Waals surface area contributed by atoms with Crippen molar-refractivity contribution < 1.29 is 27.5 Å². The molecular weight excluding hydrogens is 439 g/mol. The normalized spacial score (nSPS) is 13.6. The largest absolute Gasteiger partial charge is 0.573 e. The average molecular weight is 453 g/mol. The number of rotatable bonds is 4. The number of aromatic nitrogens is 1. The average Bonchev–Trinajstić information content (AvgIpc) is 3.35. The summed E-state index contributed by atoms with van der Waals surface area (Å²) in [5.41, 5.74) is 1.66. The molecule has 0 atom stereocenters. The van der Waals surface area contributed by atoms with Gasteiger partial charge in [0.2, 0.25) is 0 Å². The van der Waals surface area contributed by atoms with E-state index in [4.69, 9.17) is 0 Å². The van der Waals surface area contributed by atoms with Crippen LogP contribution in [0.25, 0.3) is 0 Å². The number of amides is 2. The summed E-state index contributed by atoms with van der Waals surface area (Å²) in [6.45, 7) is 0.745. The lowest BCUT2D eigenvalue weighted by Gasteiger charge is -2.26. The number of thiazole rings is 1. The number of alkyl halides is 3. The first-order valence-electron chi connectivity index (χ1n) is 8.76. The van der Waals surface area contributed by atoms with Crippen molar-refractivity contribution in [2.75, 3.05) is 11.9 Å². The smallest absolute Gasteiger partial charge is 0.406 e. The molecule has 1 aliphatic heterocycles. The van der Waals surface area contributed by atoms with Gasteiger partial charge in [0.05, 0.1) is 17.8 Å². The second kappa shape index (κ2) is 8.07. The molecule has 30 heavy (non-hydrogen) atoms. The zero-order valence-corrected chi connectivity index (χ0v) is 16.9. The first-order chi connectivity index (χ1) is 14.3. The molecule has 6 nitrogen and oxygen atoms in total. The van der Waals surface area contributed by atoms with Gasteiger partial charge in [-0.2, -0.15) is 11.3 Å². The van der Waals surface area contributed by atoms with Crippen LogP contribution in [0.15, 0.2) is 41.1 Å². The number of thiophene rings is 1. The van der Waals surface area contributed by atoms with E-state index in [9.17, 15) is 22.8 Å². The maximum atomic E-state index is 12.7. The van der Waals surface area contributed by atoms with Crippen molar-refractivity contribution in [2.45, 2.75) is 19.3 Å². The van der Waals surface area contributed by atoms with Crippen LogP contribution in [0.1, 0.15) is 31.3 Å². The topological polar surface area (TPSA) is 71.5 Å². The number of benzene rings is 1. The van der Waals surface area contributed by atoms with Crippen LogP contribution < -0.4 is 10.1 Å². The summed E-state index contributed by atoms with van der Waals surface area (Å²) in [6, 6.07) is 6.55. The highest BCUT2D eigenvalue weighted by atomic mass is 32.1. The minimum Gasteiger partial charge on any atom is -0.406 e. The zero-order chi connectivity index (χ0) is 21.3. The first kappa shape index (κ1) is 20.4. The highest BCUT2D eigenvalue weighted by molar-refractivity contribution is 7.16. The second-order valence-corrected chi connectivity index (χ2v) is 8.27. The van der Waals surface area contributed by atoms with Crippen molar-refractivity contribution in [3.8, 4) is 5.75 Å². The molecule has 156 valence electrons. The lowest BCUT2D eigenvalue weighted by molar-refractivity contribution is -0.274. The number of ether oxygens (including phenoxy) is 1. The van der Waals surface area contributed by atoms with Crippen molar-refractivity contribution in [2.24, 2.45) is 0 Å². The third-order valence-electron chi connectivity index (χ3n) is 4.36. The molecule has 0 fully saturated rings. The monoisotopic (exact) mass is 453 g/mol. The van der Waals surface area contributed by atoms with E-state index in [-0.39, 0.29) is 23.1 Å². The van der Waals surface area contributed by atoms with Gasteiger partial charge in [0.15, 0.2) is 5.13 Å². The molecule has 0 aliphatic carbocycles. The van der Waals surface area contributed by atoms with Crippen molar-refractivity contribution in [1.29, 1.82) is 0 Å². The van der Waals surface area contributed by atoms with Crippen molar-refractivity contribution in [3.05, 3.63) is 62.8 Å². The maximum Gasteiger partial charge on any atom is 0.573 e. The van der Waals surface area contributed by atoms with Crippen LogP contribution in [0, 0.1) is 0 Å². The van der Waals surface area contributed by atoms with E-state index in [1.807, 2.05) is 5.38 Å². The lowest BCUT2D eigenvalue weighted by atomic mass is 10.1. The molecule has 0 unspecified atom stereocenters. The number of nitrogens with zero attached hydrogens (tertiary/aromatic N) is 2. The predicted octanol–water partition coefficient (Wildman–Crippen LogP) is 4.55. The van der Waals surface area contributed by atoms with Crippen molar-refractivity contribution in [1.82, 2.24) is 9.88 Å². The Morgan fingerprint density at radius 1 is 1.13 bits per heavy atom. The van der Waals surface area contributed by atoms with Gasteiger partial charge >= 0.3 is 6.36 Å². The minimum absolute atomic E-state index is 0.239. The molecule has 11 heteroatoms. The number of fused-ring (bicyclic) bond motifs is 1. The number of nitrogens with one attached hydrogen (secondary N) is 1. The molecule has 2 amide bonds. The molecular formula is C19H14F3N3O3S2. The Morgan fingerprint density at radius 2 is 1.90 bits per heavy atom. The third kappa shape index (κ3) is 4.62. The number of carbonyl (C=O) groups is 2. The van der Waals surface area contributed by atoms with Gasteiger partial charge in [-0.25, -0.2) is 4.98 Å². The van der Waals surface area contributed by atoms with E-state index in [0.29, 0.717) is 30.2 Å². The van der Waals surface area contributed by atoms with Gasteiger partial charge in [-0.1, -0.05) is 11.3 Å². The van der Waals surface area contributed by atoms with Crippen molar-refractivity contribution >= 4 is 39.6 Å². The van der Waals surface area contributed by atoms with Gasteiger partial charge in [0, 0.05) is 28.8 Å². The summed E-state index contributed by atoms with van der Waals surface area (Å²) in [7, 11) is 0.